The molecule has 6 heteroatoms. The van der Waals surface area contributed by atoms with Crippen molar-refractivity contribution in [1.29, 1.82) is 0 Å². The smallest absolute Gasteiger partial charge is 0.333 e. The van der Waals surface area contributed by atoms with E-state index in [1.165, 1.54) is 0 Å². The SMILES string of the molecule is CCn1nc(C)c([N+](=O)[O-])c1NCCC(C)(C)C. The number of nitrogens with one attached hydrogen (secondary N) is 1. The molecular formula is C12H22N4O2. The van der Waals surface area contributed by atoms with Crippen LogP contribution >= 0.6 is 0 Å². The molecule has 0 atom stereocenters. The topological polar surface area (TPSA) is 73.0 Å². The van der Waals surface area contributed by atoms with Gasteiger partial charge in [-0.15, -0.1) is 0 Å². The first-order valence-electron chi connectivity index (χ1n) is 6.22. The van der Waals surface area contributed by atoms with Gasteiger partial charge in [-0.25, -0.2) is 4.68 Å². The number of hydrogen-bond donors (Lipinski definition) is 1. The van der Waals surface area contributed by atoms with E-state index >= 15 is 0 Å². The molecule has 0 aliphatic heterocycles. The standard InChI is InChI=1S/C12H22N4O2/c1-6-15-11(13-8-7-12(3,4)5)10(16(17)18)9(2)14-15/h13H,6-8H2,1-5H3. The van der Waals surface area contributed by atoms with Crippen LogP contribution < -0.4 is 5.32 Å². The van der Waals surface area contributed by atoms with Crippen molar-refractivity contribution in [3.05, 3.63) is 15.8 Å². The highest BCUT2D eigenvalue weighted by Crippen LogP contribution is 2.28. The molecule has 1 aromatic heterocycles. The Labute approximate surface area is 108 Å². The first-order valence-corrected chi connectivity index (χ1v) is 6.22. The summed E-state index contributed by atoms with van der Waals surface area (Å²) < 4.78 is 1.65. The van der Waals surface area contributed by atoms with Gasteiger partial charge in [-0.1, -0.05) is 20.8 Å². The first-order chi connectivity index (χ1) is 8.26. The Hall–Kier alpha value is -1.59. The van der Waals surface area contributed by atoms with Gasteiger partial charge in [0.25, 0.3) is 0 Å². The Kier molecular flexibility index (Phi) is 4.32. The molecule has 1 aromatic rings. The lowest BCUT2D eigenvalue weighted by molar-refractivity contribution is -0.384. The molecule has 0 spiro atoms. The van der Waals surface area contributed by atoms with Crippen LogP contribution in [0.25, 0.3) is 0 Å². The molecule has 0 saturated heterocycles. The van der Waals surface area contributed by atoms with E-state index < -0.39 is 0 Å². The van der Waals surface area contributed by atoms with Crippen molar-refractivity contribution in [3.8, 4) is 0 Å². The van der Waals surface area contributed by atoms with Crippen molar-refractivity contribution in [2.75, 3.05) is 11.9 Å². The van der Waals surface area contributed by atoms with Crippen LogP contribution in [0.3, 0.4) is 0 Å². The van der Waals surface area contributed by atoms with E-state index in [0.29, 0.717) is 24.6 Å². The third-order valence-corrected chi connectivity index (χ3v) is 2.75. The lowest BCUT2D eigenvalue weighted by Crippen LogP contribution is -2.15. The molecule has 1 N–H and O–H groups in total. The van der Waals surface area contributed by atoms with Gasteiger partial charge in [-0.2, -0.15) is 5.10 Å². The fraction of sp³-hybridized carbons (Fsp3) is 0.750. The Balaban J connectivity index is 2.89. The summed E-state index contributed by atoms with van der Waals surface area (Å²) in [6.45, 7) is 11.3. The summed E-state index contributed by atoms with van der Waals surface area (Å²) >= 11 is 0. The molecule has 18 heavy (non-hydrogen) atoms. The van der Waals surface area contributed by atoms with Gasteiger partial charge in [0.05, 0.1) is 4.92 Å². The van der Waals surface area contributed by atoms with Crippen molar-refractivity contribution in [2.45, 2.75) is 47.6 Å². The Morgan fingerprint density at radius 2 is 2.06 bits per heavy atom. The summed E-state index contributed by atoms with van der Waals surface area (Å²) in [5.41, 5.74) is 0.749. The van der Waals surface area contributed by atoms with E-state index in [4.69, 9.17) is 0 Å². The minimum absolute atomic E-state index is 0.0887. The normalized spacial score (nSPS) is 11.6. The Morgan fingerprint density at radius 1 is 1.44 bits per heavy atom. The minimum Gasteiger partial charge on any atom is -0.365 e. The predicted octanol–water partition coefficient (Wildman–Crippen LogP) is 2.97. The molecule has 0 aromatic carbocycles. The molecule has 102 valence electrons. The summed E-state index contributed by atoms with van der Waals surface area (Å²) in [5.74, 6) is 0.518. The maximum absolute atomic E-state index is 11.0. The molecule has 0 amide bonds. The average molecular weight is 254 g/mol. The maximum atomic E-state index is 11.0. The van der Waals surface area contributed by atoms with Crippen molar-refractivity contribution >= 4 is 11.5 Å². The molecule has 6 nitrogen and oxygen atoms in total. The first kappa shape index (κ1) is 14.5. The summed E-state index contributed by atoms with van der Waals surface area (Å²) in [5, 5.41) is 18.4. The van der Waals surface area contributed by atoms with Crippen molar-refractivity contribution in [1.82, 2.24) is 9.78 Å². The van der Waals surface area contributed by atoms with Crippen LogP contribution in [-0.2, 0) is 6.54 Å². The molecular weight excluding hydrogens is 232 g/mol. The van der Waals surface area contributed by atoms with Gasteiger partial charge in [-0.3, -0.25) is 10.1 Å². The lowest BCUT2D eigenvalue weighted by atomic mass is 9.92. The number of nitrogens with zero attached hydrogens (tertiary/aromatic N) is 3. The van der Waals surface area contributed by atoms with Crippen LogP contribution in [-0.4, -0.2) is 21.2 Å². The van der Waals surface area contributed by atoms with Crippen LogP contribution in [0.15, 0.2) is 0 Å². The molecule has 0 aliphatic carbocycles. The molecule has 0 bridgehead atoms. The summed E-state index contributed by atoms with van der Waals surface area (Å²) in [6.07, 6.45) is 0.943. The van der Waals surface area contributed by atoms with E-state index in [9.17, 15) is 10.1 Å². The quantitative estimate of drug-likeness (QED) is 0.647. The third kappa shape index (κ3) is 3.45. The highest BCUT2D eigenvalue weighted by molar-refractivity contribution is 5.59. The van der Waals surface area contributed by atoms with Gasteiger partial charge in [0, 0.05) is 13.1 Å². The Bertz CT molecular complexity index is 432. The molecule has 0 fully saturated rings. The molecule has 1 heterocycles. The van der Waals surface area contributed by atoms with Crippen LogP contribution in [0.5, 0.6) is 0 Å². The van der Waals surface area contributed by atoms with Crippen molar-refractivity contribution in [3.63, 3.8) is 0 Å². The maximum Gasteiger partial charge on any atom is 0.333 e. The second-order valence-corrected chi connectivity index (χ2v) is 5.59. The zero-order chi connectivity index (χ0) is 13.9. The van der Waals surface area contributed by atoms with Crippen LogP contribution in [0.2, 0.25) is 0 Å². The second-order valence-electron chi connectivity index (χ2n) is 5.59. The van der Waals surface area contributed by atoms with Gasteiger partial charge in [0.1, 0.15) is 5.69 Å². The zero-order valence-electron chi connectivity index (χ0n) is 11.8. The minimum atomic E-state index is -0.367. The highest BCUT2D eigenvalue weighted by atomic mass is 16.6. The molecule has 0 aliphatic rings. The molecule has 0 saturated carbocycles. The number of nitro groups is 1. The summed E-state index contributed by atoms with van der Waals surface area (Å²) in [7, 11) is 0. The highest BCUT2D eigenvalue weighted by Gasteiger charge is 2.24. The number of hydrogen-bond acceptors (Lipinski definition) is 4. The van der Waals surface area contributed by atoms with Crippen LogP contribution in [0, 0.1) is 22.5 Å². The monoisotopic (exact) mass is 254 g/mol. The van der Waals surface area contributed by atoms with Gasteiger partial charge in [0.2, 0.25) is 5.82 Å². The van der Waals surface area contributed by atoms with Crippen LogP contribution in [0.1, 0.15) is 39.8 Å². The number of aryl methyl sites for hydroxylation is 2. The molecule has 0 unspecified atom stereocenters. The van der Waals surface area contributed by atoms with Gasteiger partial charge >= 0.3 is 5.69 Å². The number of anilines is 1. The van der Waals surface area contributed by atoms with Gasteiger partial charge in [0.15, 0.2) is 0 Å². The summed E-state index contributed by atoms with van der Waals surface area (Å²) in [4.78, 5) is 10.7. The van der Waals surface area contributed by atoms with Crippen LogP contribution in [0.4, 0.5) is 11.5 Å². The average Bonchev–Trinajstić information content (AvgIpc) is 2.53. The van der Waals surface area contributed by atoms with Gasteiger partial charge in [-0.05, 0) is 25.7 Å². The molecule has 0 radical (unpaired) electrons. The molecule has 1 rings (SSSR count). The largest absolute Gasteiger partial charge is 0.365 e. The summed E-state index contributed by atoms with van der Waals surface area (Å²) in [6, 6.07) is 0. The second kappa shape index (κ2) is 5.37. The lowest BCUT2D eigenvalue weighted by Gasteiger charge is -2.18. The van der Waals surface area contributed by atoms with E-state index in [-0.39, 0.29) is 16.0 Å². The van der Waals surface area contributed by atoms with Crippen molar-refractivity contribution < 1.29 is 4.92 Å². The number of aromatic nitrogens is 2. The van der Waals surface area contributed by atoms with Crippen molar-refractivity contribution in [2.24, 2.45) is 5.41 Å². The van der Waals surface area contributed by atoms with Gasteiger partial charge < -0.3 is 5.32 Å². The number of rotatable bonds is 5. The fourth-order valence-electron chi connectivity index (χ4n) is 1.75. The van der Waals surface area contributed by atoms with E-state index in [0.717, 1.165) is 6.42 Å². The Morgan fingerprint density at radius 3 is 2.50 bits per heavy atom. The third-order valence-electron chi connectivity index (χ3n) is 2.75. The van der Waals surface area contributed by atoms with E-state index in [1.807, 2.05) is 6.92 Å². The van der Waals surface area contributed by atoms with E-state index in [2.05, 4.69) is 31.2 Å². The zero-order valence-corrected chi connectivity index (χ0v) is 11.8. The predicted molar refractivity (Wildman–Crippen MR) is 71.9 cm³/mol. The van der Waals surface area contributed by atoms with E-state index in [1.54, 1.807) is 11.6 Å². The fourth-order valence-corrected chi connectivity index (χ4v) is 1.75.